The van der Waals surface area contributed by atoms with Crippen LogP contribution in [0.4, 0.5) is 4.79 Å². The molecule has 0 saturated heterocycles. The van der Waals surface area contributed by atoms with Gasteiger partial charge in [0.15, 0.2) is 0 Å². The molecular formula is C12H22ClN3O6. The maximum atomic E-state index is 11.8. The van der Waals surface area contributed by atoms with E-state index in [1.807, 2.05) is 0 Å². The fourth-order valence-corrected chi connectivity index (χ4v) is 1.24. The molecule has 0 aromatic rings. The van der Waals surface area contributed by atoms with Crippen molar-refractivity contribution in [1.29, 1.82) is 0 Å². The molecule has 0 radical (unpaired) electrons. The molecule has 2 unspecified atom stereocenters. The lowest BCUT2D eigenvalue weighted by atomic mass is 10.1. The fourth-order valence-electron chi connectivity index (χ4n) is 1.24. The monoisotopic (exact) mass is 339 g/mol. The minimum absolute atomic E-state index is 0. The van der Waals surface area contributed by atoms with Crippen molar-refractivity contribution in [1.82, 2.24) is 10.6 Å². The third-order valence-electron chi connectivity index (χ3n) is 2.14. The van der Waals surface area contributed by atoms with E-state index in [0.29, 0.717) is 0 Å². The van der Waals surface area contributed by atoms with Crippen molar-refractivity contribution in [2.75, 3.05) is 0 Å². The van der Waals surface area contributed by atoms with Crippen molar-refractivity contribution in [3.8, 4) is 0 Å². The topological polar surface area (TPSA) is 148 Å². The van der Waals surface area contributed by atoms with E-state index in [0.717, 1.165) is 0 Å². The predicted molar refractivity (Wildman–Crippen MR) is 79.5 cm³/mol. The number of carboxylic acids is 1. The third-order valence-corrected chi connectivity index (χ3v) is 2.14. The minimum atomic E-state index is -1.31. The maximum Gasteiger partial charge on any atom is 0.408 e. The Morgan fingerprint density at radius 2 is 1.68 bits per heavy atom. The number of halogens is 1. The molecule has 22 heavy (non-hydrogen) atoms. The zero-order chi connectivity index (χ0) is 16.8. The Bertz CT molecular complexity index is 435. The van der Waals surface area contributed by atoms with Gasteiger partial charge in [-0.3, -0.25) is 14.4 Å². The van der Waals surface area contributed by atoms with E-state index in [-0.39, 0.29) is 12.4 Å². The molecule has 5 N–H and O–H groups in total. The number of primary amides is 1. The number of carboxylic acid groups (broad SMARTS) is 1. The SMILES string of the molecule is CC(NC(=O)C(CC(N)=O)NC(=O)OC(C)(C)C)C(=O)O.Cl. The van der Waals surface area contributed by atoms with Crippen molar-refractivity contribution >= 4 is 36.3 Å². The molecule has 0 spiro atoms. The summed E-state index contributed by atoms with van der Waals surface area (Å²) in [6.45, 7) is 6.13. The number of ether oxygens (including phenoxy) is 1. The molecule has 0 heterocycles. The fraction of sp³-hybridized carbons (Fsp3) is 0.667. The highest BCUT2D eigenvalue weighted by Crippen LogP contribution is 2.07. The second kappa shape index (κ2) is 9.08. The van der Waals surface area contributed by atoms with Crippen LogP contribution >= 0.6 is 12.4 Å². The first kappa shape index (κ1) is 22.3. The molecule has 3 amide bonds. The third kappa shape index (κ3) is 9.81. The number of alkyl carbamates (subject to hydrolysis) is 1. The molecule has 0 bridgehead atoms. The molecule has 0 aliphatic carbocycles. The standard InChI is InChI=1S/C12H21N3O6.ClH/c1-6(10(18)19)14-9(17)7(5-8(13)16)15-11(20)21-12(2,3)4;/h6-7H,5H2,1-4H3,(H2,13,16)(H,14,17)(H,15,20)(H,18,19);1H. The summed E-state index contributed by atoms with van der Waals surface area (Å²) in [5.41, 5.74) is 4.21. The van der Waals surface area contributed by atoms with Gasteiger partial charge in [0.25, 0.3) is 0 Å². The molecule has 0 aliphatic heterocycles. The lowest BCUT2D eigenvalue weighted by Gasteiger charge is -2.23. The summed E-state index contributed by atoms with van der Waals surface area (Å²) >= 11 is 0. The van der Waals surface area contributed by atoms with Gasteiger partial charge in [-0.1, -0.05) is 0 Å². The number of hydrogen-bond acceptors (Lipinski definition) is 5. The Labute approximate surface area is 134 Å². The van der Waals surface area contributed by atoms with Crippen LogP contribution in [-0.4, -0.2) is 46.7 Å². The average Bonchev–Trinajstić information content (AvgIpc) is 2.24. The van der Waals surface area contributed by atoms with Crippen LogP contribution < -0.4 is 16.4 Å². The van der Waals surface area contributed by atoms with Gasteiger partial charge in [-0.25, -0.2) is 4.79 Å². The minimum Gasteiger partial charge on any atom is -0.480 e. The van der Waals surface area contributed by atoms with E-state index in [1.165, 1.54) is 6.92 Å². The number of amides is 3. The van der Waals surface area contributed by atoms with Crippen LogP contribution in [0.3, 0.4) is 0 Å². The van der Waals surface area contributed by atoms with Crippen LogP contribution in [0.15, 0.2) is 0 Å². The van der Waals surface area contributed by atoms with Crippen molar-refractivity contribution in [2.45, 2.75) is 51.8 Å². The van der Waals surface area contributed by atoms with Crippen LogP contribution in [0.5, 0.6) is 0 Å². The highest BCUT2D eigenvalue weighted by Gasteiger charge is 2.27. The summed E-state index contributed by atoms with van der Waals surface area (Å²) in [6.07, 6.45) is -1.39. The number of hydrogen-bond donors (Lipinski definition) is 4. The van der Waals surface area contributed by atoms with Gasteiger partial charge in [0.1, 0.15) is 17.7 Å². The van der Waals surface area contributed by atoms with Crippen molar-refractivity contribution < 1.29 is 29.0 Å². The molecule has 9 nitrogen and oxygen atoms in total. The molecule has 0 aromatic heterocycles. The van der Waals surface area contributed by atoms with Gasteiger partial charge >= 0.3 is 12.1 Å². The van der Waals surface area contributed by atoms with Gasteiger partial charge in [-0.05, 0) is 27.7 Å². The number of carbonyl (C=O) groups is 4. The van der Waals surface area contributed by atoms with E-state index in [4.69, 9.17) is 15.6 Å². The first-order valence-corrected chi connectivity index (χ1v) is 6.23. The predicted octanol–water partition coefficient (Wildman–Crippen LogP) is -0.234. The lowest BCUT2D eigenvalue weighted by molar-refractivity contribution is -0.141. The number of carbonyl (C=O) groups excluding carboxylic acids is 3. The number of aliphatic carboxylic acids is 1. The number of nitrogens with two attached hydrogens (primary N) is 1. The quantitative estimate of drug-likeness (QED) is 0.525. The van der Waals surface area contributed by atoms with Gasteiger partial charge in [0.05, 0.1) is 6.42 Å². The van der Waals surface area contributed by atoms with Gasteiger partial charge < -0.3 is 26.2 Å². The Morgan fingerprint density at radius 1 is 1.18 bits per heavy atom. The summed E-state index contributed by atoms with van der Waals surface area (Å²) in [5, 5.41) is 13.0. The molecule has 0 saturated carbocycles. The van der Waals surface area contributed by atoms with E-state index in [1.54, 1.807) is 20.8 Å². The van der Waals surface area contributed by atoms with Crippen LogP contribution in [-0.2, 0) is 19.1 Å². The lowest BCUT2D eigenvalue weighted by Crippen LogP contribution is -2.52. The highest BCUT2D eigenvalue weighted by molar-refractivity contribution is 5.92. The zero-order valence-electron chi connectivity index (χ0n) is 12.8. The van der Waals surface area contributed by atoms with Gasteiger partial charge in [0, 0.05) is 0 Å². The Hall–Kier alpha value is -2.03. The molecule has 2 atom stereocenters. The molecule has 10 heteroatoms. The van der Waals surface area contributed by atoms with Crippen LogP contribution in [0.2, 0.25) is 0 Å². The highest BCUT2D eigenvalue weighted by atomic mass is 35.5. The number of nitrogens with one attached hydrogen (secondary N) is 2. The largest absolute Gasteiger partial charge is 0.480 e. The van der Waals surface area contributed by atoms with E-state index >= 15 is 0 Å². The molecule has 128 valence electrons. The van der Waals surface area contributed by atoms with Crippen molar-refractivity contribution in [3.63, 3.8) is 0 Å². The second-order valence-corrected chi connectivity index (χ2v) is 5.44. The molecular weight excluding hydrogens is 318 g/mol. The van der Waals surface area contributed by atoms with Gasteiger partial charge in [-0.2, -0.15) is 0 Å². The first-order chi connectivity index (χ1) is 9.42. The smallest absolute Gasteiger partial charge is 0.408 e. The van der Waals surface area contributed by atoms with Crippen LogP contribution in [0.1, 0.15) is 34.1 Å². The second-order valence-electron chi connectivity index (χ2n) is 5.44. The van der Waals surface area contributed by atoms with Gasteiger partial charge in [0.2, 0.25) is 11.8 Å². The van der Waals surface area contributed by atoms with Gasteiger partial charge in [-0.15, -0.1) is 12.4 Å². The van der Waals surface area contributed by atoms with Crippen molar-refractivity contribution in [3.05, 3.63) is 0 Å². The van der Waals surface area contributed by atoms with E-state index < -0.39 is 48.0 Å². The summed E-state index contributed by atoms with van der Waals surface area (Å²) in [6, 6.07) is -2.48. The molecule has 0 aliphatic rings. The molecule has 0 fully saturated rings. The summed E-state index contributed by atoms with van der Waals surface area (Å²) < 4.78 is 4.95. The zero-order valence-corrected chi connectivity index (χ0v) is 13.7. The van der Waals surface area contributed by atoms with Crippen LogP contribution in [0, 0.1) is 0 Å². The molecule has 0 rings (SSSR count). The summed E-state index contributed by atoms with van der Waals surface area (Å²) in [5.74, 6) is -2.91. The normalized spacial score (nSPS) is 13.1. The summed E-state index contributed by atoms with van der Waals surface area (Å²) in [4.78, 5) is 45.0. The Kier molecular flexibility index (Phi) is 9.19. The van der Waals surface area contributed by atoms with E-state index in [2.05, 4.69) is 10.6 Å². The maximum absolute atomic E-state index is 11.8. The summed E-state index contributed by atoms with van der Waals surface area (Å²) in [7, 11) is 0. The first-order valence-electron chi connectivity index (χ1n) is 6.23. The van der Waals surface area contributed by atoms with Crippen molar-refractivity contribution in [2.24, 2.45) is 5.73 Å². The van der Waals surface area contributed by atoms with Crippen LogP contribution in [0.25, 0.3) is 0 Å². The Morgan fingerprint density at radius 3 is 2.05 bits per heavy atom. The average molecular weight is 340 g/mol. The number of rotatable bonds is 6. The molecule has 0 aromatic carbocycles. The Balaban J connectivity index is 0. The van der Waals surface area contributed by atoms with E-state index in [9.17, 15) is 19.2 Å².